The molecule has 20 heavy (non-hydrogen) atoms. The molecule has 0 aliphatic carbocycles. The highest BCUT2D eigenvalue weighted by Crippen LogP contribution is 2.43. The lowest BCUT2D eigenvalue weighted by atomic mass is 9.89. The van der Waals surface area contributed by atoms with Gasteiger partial charge in [0.2, 0.25) is 5.72 Å². The van der Waals surface area contributed by atoms with E-state index in [-0.39, 0.29) is 5.91 Å². The molecular formula is C16H10BrNO2. The highest BCUT2D eigenvalue weighted by Gasteiger charge is 2.48. The van der Waals surface area contributed by atoms with Crippen molar-refractivity contribution in [1.29, 1.82) is 0 Å². The molecule has 0 bridgehead atoms. The second-order valence-corrected chi connectivity index (χ2v) is 5.75. The minimum absolute atomic E-state index is 0.113. The Bertz CT molecular complexity index is 769. The van der Waals surface area contributed by atoms with E-state index in [2.05, 4.69) is 21.2 Å². The summed E-state index contributed by atoms with van der Waals surface area (Å²) in [6, 6.07) is 13.5. The lowest BCUT2D eigenvalue weighted by Crippen LogP contribution is -2.43. The lowest BCUT2D eigenvalue weighted by Gasteiger charge is -2.33. The highest BCUT2D eigenvalue weighted by molar-refractivity contribution is 9.10. The van der Waals surface area contributed by atoms with Crippen LogP contribution in [0.1, 0.15) is 27.0 Å². The van der Waals surface area contributed by atoms with E-state index >= 15 is 0 Å². The topological polar surface area (TPSA) is 38.3 Å². The Morgan fingerprint density at radius 2 is 1.95 bits per heavy atom. The Kier molecular flexibility index (Phi) is 2.32. The van der Waals surface area contributed by atoms with E-state index in [0.29, 0.717) is 5.56 Å². The van der Waals surface area contributed by atoms with Crippen LogP contribution in [-0.4, -0.2) is 5.91 Å². The third-order valence-electron chi connectivity index (χ3n) is 3.73. The Hall–Kier alpha value is -2.07. The molecule has 2 aliphatic rings. The van der Waals surface area contributed by atoms with E-state index < -0.39 is 5.72 Å². The summed E-state index contributed by atoms with van der Waals surface area (Å²) in [6.07, 6.45) is 3.54. The number of hydrogen-bond acceptors (Lipinski definition) is 2. The first-order valence-electron chi connectivity index (χ1n) is 6.27. The number of hydrogen-bond donors (Lipinski definition) is 1. The van der Waals surface area contributed by atoms with Crippen LogP contribution in [0.3, 0.4) is 0 Å². The van der Waals surface area contributed by atoms with Crippen molar-refractivity contribution >= 4 is 27.9 Å². The van der Waals surface area contributed by atoms with Crippen LogP contribution in [0.4, 0.5) is 0 Å². The number of nitrogens with one attached hydrogen (secondary N) is 1. The maximum Gasteiger partial charge on any atom is 0.255 e. The molecular weight excluding hydrogens is 318 g/mol. The van der Waals surface area contributed by atoms with E-state index in [1.807, 2.05) is 48.5 Å². The second-order valence-electron chi connectivity index (χ2n) is 4.83. The first-order chi connectivity index (χ1) is 9.71. The molecule has 1 spiro atoms. The fraction of sp³-hybridized carbons (Fsp3) is 0.0625. The monoisotopic (exact) mass is 327 g/mol. The Labute approximate surface area is 124 Å². The van der Waals surface area contributed by atoms with Crippen molar-refractivity contribution in [3.8, 4) is 0 Å². The van der Waals surface area contributed by atoms with Crippen molar-refractivity contribution in [2.75, 3.05) is 0 Å². The Morgan fingerprint density at radius 1 is 1.10 bits per heavy atom. The second kappa shape index (κ2) is 3.96. The van der Waals surface area contributed by atoms with Crippen LogP contribution in [0.2, 0.25) is 0 Å². The molecule has 0 aromatic heterocycles. The summed E-state index contributed by atoms with van der Waals surface area (Å²) in [5, 5.41) is 2.98. The molecule has 2 aliphatic heterocycles. The van der Waals surface area contributed by atoms with E-state index in [4.69, 9.17) is 4.74 Å². The molecule has 2 heterocycles. The van der Waals surface area contributed by atoms with Gasteiger partial charge < -0.3 is 10.1 Å². The SMILES string of the molecule is O=C1NC2(OC=Cc3ccccc32)c2cc(Br)ccc21. The molecule has 4 rings (SSSR count). The predicted molar refractivity (Wildman–Crippen MR) is 78.9 cm³/mol. The van der Waals surface area contributed by atoms with E-state index in [0.717, 1.165) is 21.2 Å². The van der Waals surface area contributed by atoms with Gasteiger partial charge in [-0.1, -0.05) is 40.2 Å². The van der Waals surface area contributed by atoms with Gasteiger partial charge in [-0.2, -0.15) is 0 Å². The van der Waals surface area contributed by atoms with Crippen LogP contribution in [0.15, 0.2) is 53.2 Å². The standard InChI is InChI=1S/C16H10BrNO2/c17-11-5-6-12-14(9-11)16(18-15(12)19)13-4-2-1-3-10(13)7-8-20-16/h1-9H,(H,18,19). The van der Waals surface area contributed by atoms with Crippen molar-refractivity contribution in [2.24, 2.45) is 0 Å². The number of fused-ring (bicyclic) bond motifs is 4. The van der Waals surface area contributed by atoms with Crippen molar-refractivity contribution in [3.63, 3.8) is 0 Å². The Balaban J connectivity index is 2.03. The third-order valence-corrected chi connectivity index (χ3v) is 4.22. The summed E-state index contributed by atoms with van der Waals surface area (Å²) in [6.45, 7) is 0. The van der Waals surface area contributed by atoms with Crippen LogP contribution < -0.4 is 5.32 Å². The summed E-state index contributed by atoms with van der Waals surface area (Å²) >= 11 is 3.46. The fourth-order valence-electron chi connectivity index (χ4n) is 2.84. The molecule has 98 valence electrons. The molecule has 2 aromatic rings. The van der Waals surface area contributed by atoms with Crippen LogP contribution in [-0.2, 0) is 10.5 Å². The maximum absolute atomic E-state index is 12.2. The van der Waals surface area contributed by atoms with Crippen LogP contribution in [0.25, 0.3) is 6.08 Å². The van der Waals surface area contributed by atoms with Gasteiger partial charge in [0.15, 0.2) is 0 Å². The zero-order chi connectivity index (χ0) is 13.7. The van der Waals surface area contributed by atoms with Gasteiger partial charge >= 0.3 is 0 Å². The average Bonchev–Trinajstić information content (AvgIpc) is 2.73. The number of rotatable bonds is 0. The molecule has 1 amide bonds. The maximum atomic E-state index is 12.2. The third kappa shape index (κ3) is 1.42. The van der Waals surface area contributed by atoms with Gasteiger partial charge in [-0.3, -0.25) is 4.79 Å². The summed E-state index contributed by atoms with van der Waals surface area (Å²) < 4.78 is 6.79. The van der Waals surface area contributed by atoms with Gasteiger partial charge in [-0.25, -0.2) is 0 Å². The largest absolute Gasteiger partial charge is 0.467 e. The van der Waals surface area contributed by atoms with Crippen molar-refractivity contribution in [3.05, 3.63) is 75.5 Å². The fourth-order valence-corrected chi connectivity index (χ4v) is 3.20. The normalized spacial score (nSPS) is 22.1. The number of ether oxygens (including phenoxy) is 1. The van der Waals surface area contributed by atoms with Crippen molar-refractivity contribution in [1.82, 2.24) is 5.32 Å². The number of carbonyl (C=O) groups is 1. The van der Waals surface area contributed by atoms with Gasteiger partial charge in [0.1, 0.15) is 0 Å². The molecule has 1 atom stereocenters. The number of benzene rings is 2. The minimum atomic E-state index is -0.915. The summed E-state index contributed by atoms with van der Waals surface area (Å²) in [5.74, 6) is -0.113. The smallest absolute Gasteiger partial charge is 0.255 e. The first-order valence-corrected chi connectivity index (χ1v) is 7.06. The molecule has 0 saturated heterocycles. The van der Waals surface area contributed by atoms with Gasteiger partial charge in [0, 0.05) is 21.2 Å². The zero-order valence-corrected chi connectivity index (χ0v) is 12.0. The molecule has 0 saturated carbocycles. The number of halogens is 1. The van der Waals surface area contributed by atoms with Crippen molar-refractivity contribution < 1.29 is 9.53 Å². The van der Waals surface area contributed by atoms with Gasteiger partial charge in [0.05, 0.1) is 6.26 Å². The highest BCUT2D eigenvalue weighted by atomic mass is 79.9. The molecule has 1 N–H and O–H groups in total. The summed E-state index contributed by atoms with van der Waals surface area (Å²) in [5.41, 5.74) is 2.58. The van der Waals surface area contributed by atoms with Crippen LogP contribution in [0.5, 0.6) is 0 Å². The molecule has 3 nitrogen and oxygen atoms in total. The molecule has 0 fully saturated rings. The van der Waals surface area contributed by atoms with Gasteiger partial charge in [-0.15, -0.1) is 0 Å². The van der Waals surface area contributed by atoms with Crippen LogP contribution in [0, 0.1) is 0 Å². The zero-order valence-electron chi connectivity index (χ0n) is 10.4. The Morgan fingerprint density at radius 3 is 2.85 bits per heavy atom. The summed E-state index contributed by atoms with van der Waals surface area (Å²) in [4.78, 5) is 12.2. The van der Waals surface area contributed by atoms with Gasteiger partial charge in [0.25, 0.3) is 5.91 Å². The van der Waals surface area contributed by atoms with E-state index in [1.54, 1.807) is 6.26 Å². The van der Waals surface area contributed by atoms with Gasteiger partial charge in [-0.05, 0) is 29.8 Å². The molecule has 2 aromatic carbocycles. The molecule has 4 heteroatoms. The number of carbonyl (C=O) groups excluding carboxylic acids is 1. The van der Waals surface area contributed by atoms with Crippen LogP contribution >= 0.6 is 15.9 Å². The van der Waals surface area contributed by atoms with E-state index in [1.165, 1.54) is 0 Å². The predicted octanol–water partition coefficient (Wildman–Crippen LogP) is 3.39. The molecule has 1 unspecified atom stereocenters. The number of amides is 1. The average molecular weight is 328 g/mol. The minimum Gasteiger partial charge on any atom is -0.467 e. The van der Waals surface area contributed by atoms with E-state index in [9.17, 15) is 4.79 Å². The van der Waals surface area contributed by atoms with Crippen molar-refractivity contribution in [2.45, 2.75) is 5.72 Å². The quantitative estimate of drug-likeness (QED) is 0.805. The summed E-state index contributed by atoms with van der Waals surface area (Å²) in [7, 11) is 0. The molecule has 0 radical (unpaired) electrons. The lowest BCUT2D eigenvalue weighted by molar-refractivity contribution is 0.0306. The first kappa shape index (κ1) is 11.7.